The molecular weight excluding hydrogens is 733 g/mol. The van der Waals surface area contributed by atoms with E-state index in [1.165, 1.54) is 41.1 Å². The number of hydrogen-bond acceptors (Lipinski definition) is 4. The minimum atomic E-state index is -0.835. The number of thiophene rings is 2. The van der Waals surface area contributed by atoms with Crippen LogP contribution in [-0.4, -0.2) is 10.2 Å². The lowest BCUT2D eigenvalue weighted by atomic mass is 9.66. The van der Waals surface area contributed by atoms with Crippen molar-refractivity contribution < 1.29 is 10.2 Å². The third-order valence-electron chi connectivity index (χ3n) is 11.6. The van der Waals surface area contributed by atoms with Crippen molar-refractivity contribution in [3.8, 4) is 65.8 Å². The van der Waals surface area contributed by atoms with E-state index < -0.39 is 5.41 Å². The van der Waals surface area contributed by atoms with Crippen LogP contribution in [0.25, 0.3) is 74.4 Å². The first-order chi connectivity index (χ1) is 28.0. The predicted octanol–water partition coefficient (Wildman–Crippen LogP) is 14.6. The van der Waals surface area contributed by atoms with Crippen LogP contribution in [-0.2, 0) is 5.41 Å². The molecule has 0 saturated heterocycles. The molecule has 0 amide bonds. The SMILES string of the molecule is Oc1ccc(C2(c3ccc(O)c(-c4ccccc4)c3)c3cc(-c4cc5ccccc5s4)ccc3-c3ccc(-c4cc5ccccc5s4)cc32)cc1-c1ccccc1. The normalized spacial score (nSPS) is 12.8. The second kappa shape index (κ2) is 13.2. The summed E-state index contributed by atoms with van der Waals surface area (Å²) in [4.78, 5) is 2.42. The number of benzene rings is 8. The molecule has 0 unspecified atom stereocenters. The molecule has 1 aliphatic carbocycles. The first kappa shape index (κ1) is 33.6. The van der Waals surface area contributed by atoms with Crippen LogP contribution < -0.4 is 0 Å². The van der Waals surface area contributed by atoms with E-state index in [1.807, 2.05) is 71.2 Å². The Balaban J connectivity index is 1.25. The molecule has 270 valence electrons. The van der Waals surface area contributed by atoms with E-state index >= 15 is 0 Å². The zero-order valence-electron chi connectivity index (χ0n) is 30.7. The summed E-state index contributed by atoms with van der Waals surface area (Å²) in [5.41, 5.74) is 11.6. The fourth-order valence-electron chi connectivity index (χ4n) is 8.90. The van der Waals surface area contributed by atoms with Crippen molar-refractivity contribution in [3.63, 3.8) is 0 Å². The second-order valence-corrected chi connectivity index (χ2v) is 16.9. The number of aromatic hydroxyl groups is 2. The Hall–Kier alpha value is -6.72. The smallest absolute Gasteiger partial charge is 0.123 e. The maximum atomic E-state index is 11.5. The lowest BCUT2D eigenvalue weighted by molar-refractivity contribution is 0.477. The molecule has 57 heavy (non-hydrogen) atoms. The van der Waals surface area contributed by atoms with E-state index in [1.54, 1.807) is 0 Å². The van der Waals surface area contributed by atoms with Gasteiger partial charge in [0.05, 0.1) is 5.41 Å². The molecule has 0 saturated carbocycles. The highest BCUT2D eigenvalue weighted by atomic mass is 32.1. The van der Waals surface area contributed by atoms with E-state index in [0.29, 0.717) is 0 Å². The van der Waals surface area contributed by atoms with Gasteiger partial charge in [-0.05, 0) is 127 Å². The molecule has 11 rings (SSSR count). The summed E-state index contributed by atoms with van der Waals surface area (Å²) in [5, 5.41) is 25.5. The van der Waals surface area contributed by atoms with Crippen molar-refractivity contribution in [2.24, 2.45) is 0 Å². The van der Waals surface area contributed by atoms with Gasteiger partial charge < -0.3 is 10.2 Å². The quantitative estimate of drug-likeness (QED) is 0.177. The van der Waals surface area contributed by atoms with E-state index in [0.717, 1.165) is 55.6 Å². The van der Waals surface area contributed by atoms with E-state index in [4.69, 9.17) is 0 Å². The zero-order chi connectivity index (χ0) is 38.1. The molecule has 1 aliphatic rings. The molecule has 2 heterocycles. The fraction of sp³-hybridized carbons (Fsp3) is 0.0189. The van der Waals surface area contributed by atoms with Crippen LogP contribution in [0.2, 0.25) is 0 Å². The zero-order valence-corrected chi connectivity index (χ0v) is 32.3. The summed E-state index contributed by atoms with van der Waals surface area (Å²) < 4.78 is 2.51. The summed E-state index contributed by atoms with van der Waals surface area (Å²) in [5.74, 6) is 0.458. The summed E-state index contributed by atoms with van der Waals surface area (Å²) >= 11 is 3.62. The number of phenolic OH excluding ortho intramolecular Hbond substituents is 2. The molecule has 8 aromatic carbocycles. The number of rotatable bonds is 6. The van der Waals surface area contributed by atoms with Gasteiger partial charge >= 0.3 is 0 Å². The molecular formula is C53H34O2S2. The topological polar surface area (TPSA) is 40.5 Å². The monoisotopic (exact) mass is 766 g/mol. The Morgan fingerprint density at radius 3 is 1.19 bits per heavy atom. The lowest BCUT2D eigenvalue weighted by Gasteiger charge is -2.35. The van der Waals surface area contributed by atoms with Crippen molar-refractivity contribution in [2.45, 2.75) is 5.41 Å². The highest BCUT2D eigenvalue weighted by molar-refractivity contribution is 7.22. The third-order valence-corrected chi connectivity index (χ3v) is 13.9. The number of hydrogen-bond donors (Lipinski definition) is 2. The Morgan fingerprint density at radius 1 is 0.333 bits per heavy atom. The molecule has 0 radical (unpaired) electrons. The average Bonchev–Trinajstić information content (AvgIpc) is 3.98. The maximum absolute atomic E-state index is 11.5. The minimum absolute atomic E-state index is 0.229. The van der Waals surface area contributed by atoms with Crippen molar-refractivity contribution in [3.05, 3.63) is 216 Å². The molecule has 0 atom stereocenters. The van der Waals surface area contributed by atoms with Crippen molar-refractivity contribution in [2.75, 3.05) is 0 Å². The van der Waals surface area contributed by atoms with E-state index in [9.17, 15) is 10.2 Å². The van der Waals surface area contributed by atoms with Gasteiger partial charge in [0.2, 0.25) is 0 Å². The summed E-state index contributed by atoms with van der Waals surface area (Å²) in [6.45, 7) is 0. The van der Waals surface area contributed by atoms with E-state index in [2.05, 4.69) is 146 Å². The highest BCUT2D eigenvalue weighted by Crippen LogP contribution is 2.59. The first-order valence-electron chi connectivity index (χ1n) is 19.1. The Kier molecular flexibility index (Phi) is 7.78. The fourth-order valence-corrected chi connectivity index (χ4v) is 11.0. The van der Waals surface area contributed by atoms with Gasteiger partial charge in [0.1, 0.15) is 11.5 Å². The van der Waals surface area contributed by atoms with E-state index in [-0.39, 0.29) is 11.5 Å². The third kappa shape index (κ3) is 5.37. The van der Waals surface area contributed by atoms with Crippen LogP contribution in [0.4, 0.5) is 0 Å². The summed E-state index contributed by atoms with van der Waals surface area (Å²) in [6.07, 6.45) is 0. The molecule has 0 aliphatic heterocycles. The Morgan fingerprint density at radius 2 is 0.754 bits per heavy atom. The lowest BCUT2D eigenvalue weighted by Crippen LogP contribution is -2.29. The van der Waals surface area contributed by atoms with Gasteiger partial charge in [-0.25, -0.2) is 0 Å². The molecule has 10 aromatic rings. The first-order valence-corrected chi connectivity index (χ1v) is 20.7. The van der Waals surface area contributed by atoms with Gasteiger partial charge in [-0.2, -0.15) is 0 Å². The molecule has 2 aromatic heterocycles. The van der Waals surface area contributed by atoms with Gasteiger partial charge in [0.15, 0.2) is 0 Å². The average molecular weight is 767 g/mol. The largest absolute Gasteiger partial charge is 0.507 e. The second-order valence-electron chi connectivity index (χ2n) is 14.8. The molecule has 2 N–H and O–H groups in total. The van der Waals surface area contributed by atoms with Crippen LogP contribution in [0.5, 0.6) is 11.5 Å². The predicted molar refractivity (Wildman–Crippen MR) is 240 cm³/mol. The summed E-state index contributed by atoms with van der Waals surface area (Å²) in [7, 11) is 0. The van der Waals surface area contributed by atoms with Crippen LogP contribution in [0.1, 0.15) is 22.3 Å². The number of fused-ring (bicyclic) bond motifs is 5. The van der Waals surface area contributed by atoms with Crippen molar-refractivity contribution >= 4 is 42.8 Å². The Bertz CT molecular complexity index is 2870. The summed E-state index contributed by atoms with van der Waals surface area (Å²) in [6, 6.07) is 68.1. The van der Waals surface area contributed by atoms with Crippen LogP contribution in [0, 0.1) is 0 Å². The highest BCUT2D eigenvalue weighted by Gasteiger charge is 2.47. The standard InChI is InChI=1S/C53H34O2S2/c54-47-25-21-39(31-43(47)33-11-3-1-4-12-33)53(40-22-26-48(55)44(32-40)34-13-5-2-6-14-34)45-27-37(51-29-35-15-7-9-17-49(35)56-51)19-23-41(45)42-24-20-38(28-46(42)53)52-30-36-16-8-10-18-50(36)57-52/h1-32,54-55H. The molecule has 4 heteroatoms. The van der Waals surface area contributed by atoms with Gasteiger partial charge in [0, 0.05) is 30.3 Å². The van der Waals surface area contributed by atoms with Crippen LogP contribution in [0.3, 0.4) is 0 Å². The number of phenols is 2. The maximum Gasteiger partial charge on any atom is 0.123 e. The molecule has 0 fully saturated rings. The van der Waals surface area contributed by atoms with Gasteiger partial charge in [-0.15, -0.1) is 22.7 Å². The van der Waals surface area contributed by atoms with Crippen LogP contribution in [0.15, 0.2) is 194 Å². The van der Waals surface area contributed by atoms with Crippen LogP contribution >= 0.6 is 22.7 Å². The Labute approximate surface area is 338 Å². The van der Waals surface area contributed by atoms with Gasteiger partial charge in [-0.3, -0.25) is 0 Å². The molecule has 0 bridgehead atoms. The van der Waals surface area contributed by atoms with Crippen molar-refractivity contribution in [1.29, 1.82) is 0 Å². The van der Waals surface area contributed by atoms with Crippen molar-refractivity contribution in [1.82, 2.24) is 0 Å². The van der Waals surface area contributed by atoms with Gasteiger partial charge in [-0.1, -0.05) is 133 Å². The minimum Gasteiger partial charge on any atom is -0.507 e. The molecule has 0 spiro atoms. The van der Waals surface area contributed by atoms with Gasteiger partial charge in [0.25, 0.3) is 0 Å². The molecule has 2 nitrogen and oxygen atoms in total.